The second kappa shape index (κ2) is 10.8. The summed E-state index contributed by atoms with van der Waals surface area (Å²) in [7, 11) is -5.04. The average molecular weight is 397 g/mol. The molecular formula is C10H16KNO9S2. The number of aliphatic hydroxyl groups is 4. The first-order chi connectivity index (χ1) is 10.2. The molecule has 0 aromatic heterocycles. The van der Waals surface area contributed by atoms with E-state index < -0.39 is 46.9 Å². The standard InChI is InChI=1S/C10H17NO9S2.K/c1-2-3-6(11-20-22(16,17)18)21-10-9(15)8(14)7(13)5(4-12)19-10;/h2,5,7-10,12-15H,1,3-4H2,(H,16,17,18);/q;+1/p-1/b11-6-;/t5?,7-,8-,9?,10+;/m1./s1. The van der Waals surface area contributed by atoms with Gasteiger partial charge in [-0.2, -0.15) is 8.42 Å². The van der Waals surface area contributed by atoms with Crippen LogP contribution in [-0.4, -0.2) is 74.9 Å². The van der Waals surface area contributed by atoms with Gasteiger partial charge in [0.05, 0.1) is 6.61 Å². The van der Waals surface area contributed by atoms with Crippen molar-refractivity contribution in [3.63, 3.8) is 0 Å². The van der Waals surface area contributed by atoms with Crippen molar-refractivity contribution < 1.29 is 93.8 Å². The van der Waals surface area contributed by atoms with Crippen LogP contribution < -0.4 is 51.4 Å². The molecule has 0 bridgehead atoms. The molecule has 0 saturated carbocycles. The zero-order chi connectivity index (χ0) is 16.9. The number of oxime groups is 1. The third kappa shape index (κ3) is 7.77. The predicted molar refractivity (Wildman–Crippen MR) is 74.4 cm³/mol. The number of hydrogen-bond acceptors (Lipinski definition) is 11. The number of rotatable bonds is 6. The number of nitrogens with zero attached hydrogens (tertiary/aromatic N) is 1. The van der Waals surface area contributed by atoms with Gasteiger partial charge in [-0.1, -0.05) is 23.0 Å². The molecule has 1 aliphatic rings. The Balaban J connectivity index is 0.00000484. The monoisotopic (exact) mass is 397 g/mol. The van der Waals surface area contributed by atoms with Crippen LogP contribution in [0.25, 0.3) is 0 Å². The van der Waals surface area contributed by atoms with Crippen molar-refractivity contribution in [1.29, 1.82) is 0 Å². The SMILES string of the molecule is C=CC/C(=N/OS(=O)(=O)[O-])S[C@@H]1OC(CO)[C@@H](O)[C@@H](O)C1O.[K+]. The first-order valence-corrected chi connectivity index (χ1v) is 8.20. The van der Waals surface area contributed by atoms with E-state index in [0.717, 1.165) is 0 Å². The normalized spacial score (nSPS) is 32.0. The fourth-order valence-corrected chi connectivity index (χ4v) is 2.91. The Labute approximate surface area is 179 Å². The summed E-state index contributed by atoms with van der Waals surface area (Å²) in [5, 5.41) is 41.2. The van der Waals surface area contributed by atoms with Crippen LogP contribution in [0.3, 0.4) is 0 Å². The molecule has 2 unspecified atom stereocenters. The van der Waals surface area contributed by atoms with E-state index in [9.17, 15) is 28.3 Å². The molecule has 13 heteroatoms. The average Bonchev–Trinajstić information content (AvgIpc) is 2.44. The topological polar surface area (TPSA) is 169 Å². The van der Waals surface area contributed by atoms with Crippen LogP contribution in [0.5, 0.6) is 0 Å². The van der Waals surface area contributed by atoms with Crippen molar-refractivity contribution in [2.24, 2.45) is 5.16 Å². The molecule has 1 heterocycles. The van der Waals surface area contributed by atoms with Crippen LogP contribution in [-0.2, 0) is 19.4 Å². The molecule has 1 saturated heterocycles. The Morgan fingerprint density at radius 3 is 2.43 bits per heavy atom. The molecule has 1 fully saturated rings. The van der Waals surface area contributed by atoms with E-state index in [2.05, 4.69) is 16.0 Å². The zero-order valence-electron chi connectivity index (χ0n) is 12.2. The van der Waals surface area contributed by atoms with E-state index in [1.54, 1.807) is 0 Å². The molecule has 23 heavy (non-hydrogen) atoms. The number of thioether (sulfide) groups is 1. The molecule has 5 atom stereocenters. The van der Waals surface area contributed by atoms with Crippen molar-refractivity contribution >= 4 is 27.2 Å². The summed E-state index contributed by atoms with van der Waals surface area (Å²) in [6.07, 6.45) is -4.44. The largest absolute Gasteiger partial charge is 1.00 e. The molecular weight excluding hydrogens is 381 g/mol. The Bertz CT molecular complexity index is 512. The number of hydrogen-bond donors (Lipinski definition) is 4. The molecule has 0 radical (unpaired) electrons. The molecule has 0 aromatic carbocycles. The Morgan fingerprint density at radius 2 is 1.96 bits per heavy atom. The summed E-state index contributed by atoms with van der Waals surface area (Å²) >= 11 is 0.660. The summed E-state index contributed by atoms with van der Waals surface area (Å²) in [6.45, 7) is 2.80. The van der Waals surface area contributed by atoms with Gasteiger partial charge in [-0.15, -0.1) is 6.58 Å². The summed E-state index contributed by atoms with van der Waals surface area (Å²) in [5.41, 5.74) is -1.17. The van der Waals surface area contributed by atoms with Crippen molar-refractivity contribution in [2.45, 2.75) is 36.3 Å². The van der Waals surface area contributed by atoms with Crippen LogP contribution >= 0.6 is 11.8 Å². The molecule has 10 nitrogen and oxygen atoms in total. The third-order valence-electron chi connectivity index (χ3n) is 2.65. The van der Waals surface area contributed by atoms with Gasteiger partial charge < -0.3 is 29.7 Å². The fourth-order valence-electron chi connectivity index (χ4n) is 1.62. The van der Waals surface area contributed by atoms with Gasteiger partial charge in [0.2, 0.25) is 0 Å². The van der Waals surface area contributed by atoms with Gasteiger partial charge >= 0.3 is 51.4 Å². The Kier molecular flexibility index (Phi) is 11.2. The first kappa shape index (κ1) is 23.9. The third-order valence-corrected chi connectivity index (χ3v) is 4.04. The van der Waals surface area contributed by atoms with Crippen LogP contribution in [0, 0.1) is 0 Å². The summed E-state index contributed by atoms with van der Waals surface area (Å²) < 4.78 is 40.1. The fraction of sp³-hybridized carbons (Fsp3) is 0.700. The van der Waals surface area contributed by atoms with E-state index >= 15 is 0 Å². The van der Waals surface area contributed by atoms with Gasteiger partial charge in [-0.25, -0.2) is 0 Å². The van der Waals surface area contributed by atoms with Gasteiger partial charge in [-0.3, -0.25) is 4.28 Å². The molecule has 0 spiro atoms. The maximum Gasteiger partial charge on any atom is 1.00 e. The number of ether oxygens (including phenoxy) is 1. The molecule has 4 N–H and O–H groups in total. The maximum atomic E-state index is 10.4. The predicted octanol–water partition coefficient (Wildman–Crippen LogP) is -5.11. The van der Waals surface area contributed by atoms with Gasteiger partial charge in [-0.05, 0) is 0 Å². The van der Waals surface area contributed by atoms with Crippen LogP contribution in [0.4, 0.5) is 0 Å². The van der Waals surface area contributed by atoms with Gasteiger partial charge in [0, 0.05) is 6.42 Å². The summed E-state index contributed by atoms with van der Waals surface area (Å²) in [4.78, 5) is 0. The Morgan fingerprint density at radius 1 is 1.35 bits per heavy atom. The minimum Gasteiger partial charge on any atom is -0.714 e. The molecule has 128 valence electrons. The zero-order valence-corrected chi connectivity index (χ0v) is 16.9. The van der Waals surface area contributed by atoms with Crippen molar-refractivity contribution in [3.8, 4) is 0 Å². The quantitative estimate of drug-likeness (QED) is 0.0647. The van der Waals surface area contributed by atoms with E-state index in [1.807, 2.05) is 0 Å². The van der Waals surface area contributed by atoms with Crippen LogP contribution in [0.15, 0.2) is 17.8 Å². The van der Waals surface area contributed by atoms with Gasteiger partial charge in [0.25, 0.3) is 10.4 Å². The van der Waals surface area contributed by atoms with Crippen molar-refractivity contribution in [3.05, 3.63) is 12.7 Å². The van der Waals surface area contributed by atoms with E-state index in [4.69, 9.17) is 9.84 Å². The minimum atomic E-state index is -5.04. The maximum absolute atomic E-state index is 10.4. The molecule has 0 amide bonds. The molecule has 1 rings (SSSR count). The van der Waals surface area contributed by atoms with Crippen molar-refractivity contribution in [1.82, 2.24) is 0 Å². The smallest absolute Gasteiger partial charge is 0.714 e. The first-order valence-electron chi connectivity index (χ1n) is 5.99. The van der Waals surface area contributed by atoms with Crippen LogP contribution in [0.2, 0.25) is 0 Å². The van der Waals surface area contributed by atoms with E-state index in [1.165, 1.54) is 6.08 Å². The number of allylic oxidation sites excluding steroid dienone is 1. The second-order valence-corrected chi connectivity index (χ2v) is 6.41. The van der Waals surface area contributed by atoms with E-state index in [-0.39, 0.29) is 62.8 Å². The van der Waals surface area contributed by atoms with E-state index in [0.29, 0.717) is 11.8 Å². The van der Waals surface area contributed by atoms with Gasteiger partial charge in [0.15, 0.2) is 0 Å². The van der Waals surface area contributed by atoms with Crippen LogP contribution in [0.1, 0.15) is 6.42 Å². The van der Waals surface area contributed by atoms with Gasteiger partial charge in [0.1, 0.15) is 34.9 Å². The molecule has 1 aliphatic heterocycles. The van der Waals surface area contributed by atoms with Crippen molar-refractivity contribution in [2.75, 3.05) is 6.61 Å². The number of aliphatic hydroxyl groups excluding tert-OH is 4. The minimum absolute atomic E-state index is 0. The molecule has 0 aromatic rings. The second-order valence-electron chi connectivity index (χ2n) is 4.28. The molecule has 0 aliphatic carbocycles. The summed E-state index contributed by atoms with van der Waals surface area (Å²) in [6, 6.07) is 0. The Hall–Kier alpha value is 0.906. The summed E-state index contributed by atoms with van der Waals surface area (Å²) in [5.74, 6) is 0.